The van der Waals surface area contributed by atoms with E-state index in [4.69, 9.17) is 4.74 Å². The molecule has 5 nitrogen and oxygen atoms in total. The maximum Gasteiger partial charge on any atom is 0.257 e. The second kappa shape index (κ2) is 6.11. The summed E-state index contributed by atoms with van der Waals surface area (Å²) in [5.74, 6) is 0.676. The third-order valence-corrected chi connectivity index (χ3v) is 6.12. The van der Waals surface area contributed by atoms with Gasteiger partial charge in [-0.05, 0) is 36.2 Å². The Labute approximate surface area is 150 Å². The minimum absolute atomic E-state index is 0.0112. The van der Waals surface area contributed by atoms with E-state index in [-0.39, 0.29) is 11.8 Å². The van der Waals surface area contributed by atoms with E-state index in [0.717, 1.165) is 21.9 Å². The first-order chi connectivity index (χ1) is 12.1. The van der Waals surface area contributed by atoms with Gasteiger partial charge in [-0.25, -0.2) is 0 Å². The van der Waals surface area contributed by atoms with Crippen molar-refractivity contribution in [1.82, 2.24) is 5.32 Å². The second-order valence-corrected chi connectivity index (χ2v) is 7.43. The Morgan fingerprint density at radius 1 is 1.24 bits per heavy atom. The van der Waals surface area contributed by atoms with Crippen molar-refractivity contribution in [2.75, 3.05) is 12.0 Å². The SMILES string of the molecule is COc1ccc(CNC(=O)C23CCC(=O)N2c2ccccc2S3)cc1. The molecule has 1 saturated heterocycles. The Balaban J connectivity index is 1.54. The highest BCUT2D eigenvalue weighted by Crippen LogP contribution is 2.55. The molecule has 4 rings (SSSR count). The molecule has 2 aliphatic rings. The number of ether oxygens (including phenoxy) is 1. The van der Waals surface area contributed by atoms with Crippen molar-refractivity contribution in [1.29, 1.82) is 0 Å². The summed E-state index contributed by atoms with van der Waals surface area (Å²) in [6.07, 6.45) is 0.927. The number of para-hydroxylation sites is 1. The van der Waals surface area contributed by atoms with Crippen molar-refractivity contribution in [2.24, 2.45) is 0 Å². The zero-order valence-corrected chi connectivity index (χ0v) is 14.6. The minimum atomic E-state index is -0.854. The molecule has 0 aromatic heterocycles. The number of nitrogens with one attached hydrogen (secondary N) is 1. The van der Waals surface area contributed by atoms with E-state index >= 15 is 0 Å². The molecule has 2 aromatic carbocycles. The lowest BCUT2D eigenvalue weighted by Crippen LogP contribution is -2.52. The highest BCUT2D eigenvalue weighted by molar-refractivity contribution is 8.02. The average Bonchev–Trinajstić information content (AvgIpc) is 3.16. The van der Waals surface area contributed by atoms with Crippen molar-refractivity contribution in [3.05, 3.63) is 54.1 Å². The number of fused-ring (bicyclic) bond motifs is 3. The fraction of sp³-hybridized carbons (Fsp3) is 0.263. The van der Waals surface area contributed by atoms with Crippen LogP contribution in [0.1, 0.15) is 18.4 Å². The number of rotatable bonds is 4. The van der Waals surface area contributed by atoms with Gasteiger partial charge in [0.15, 0.2) is 4.87 Å². The van der Waals surface area contributed by atoms with Gasteiger partial charge in [0.1, 0.15) is 5.75 Å². The van der Waals surface area contributed by atoms with E-state index < -0.39 is 4.87 Å². The Morgan fingerprint density at radius 2 is 2.00 bits per heavy atom. The van der Waals surface area contributed by atoms with Crippen molar-refractivity contribution >= 4 is 29.3 Å². The quantitative estimate of drug-likeness (QED) is 0.917. The highest BCUT2D eigenvalue weighted by Gasteiger charge is 2.57. The van der Waals surface area contributed by atoms with Gasteiger partial charge >= 0.3 is 0 Å². The molecule has 0 spiro atoms. The fourth-order valence-corrected chi connectivity index (χ4v) is 4.80. The molecule has 0 aliphatic carbocycles. The minimum Gasteiger partial charge on any atom is -0.497 e. The van der Waals surface area contributed by atoms with Gasteiger partial charge in [-0.15, -0.1) is 0 Å². The Hall–Kier alpha value is -2.47. The number of thioether (sulfide) groups is 1. The van der Waals surface area contributed by atoms with Crippen LogP contribution in [0.25, 0.3) is 0 Å². The Morgan fingerprint density at radius 3 is 2.76 bits per heavy atom. The first-order valence-electron chi connectivity index (χ1n) is 8.16. The molecule has 0 saturated carbocycles. The lowest BCUT2D eigenvalue weighted by Gasteiger charge is -2.29. The number of methoxy groups -OCH3 is 1. The molecule has 25 heavy (non-hydrogen) atoms. The first-order valence-corrected chi connectivity index (χ1v) is 8.98. The molecule has 2 heterocycles. The van der Waals surface area contributed by atoms with Gasteiger partial charge in [0.05, 0.1) is 12.8 Å². The Kier molecular flexibility index (Phi) is 3.92. The number of amides is 2. The van der Waals surface area contributed by atoms with Crippen LogP contribution < -0.4 is 15.0 Å². The molecule has 1 unspecified atom stereocenters. The second-order valence-electron chi connectivity index (χ2n) is 6.11. The maximum atomic E-state index is 13.0. The summed E-state index contributed by atoms with van der Waals surface area (Å²) in [5.41, 5.74) is 1.83. The van der Waals surface area contributed by atoms with Crippen molar-refractivity contribution in [2.45, 2.75) is 29.2 Å². The van der Waals surface area contributed by atoms with E-state index in [1.165, 1.54) is 11.8 Å². The summed E-state index contributed by atoms with van der Waals surface area (Å²) < 4.78 is 5.14. The standard InChI is InChI=1S/C19H18N2O3S/c1-24-14-8-6-13(7-9-14)12-20-18(23)19-11-10-17(22)21(19)15-4-2-3-5-16(15)25-19/h2-9H,10-12H2,1H3,(H,20,23). The van der Waals surface area contributed by atoms with Gasteiger partial charge in [0, 0.05) is 17.9 Å². The fourth-order valence-electron chi connectivity index (χ4n) is 3.36. The van der Waals surface area contributed by atoms with Crippen LogP contribution in [0.4, 0.5) is 5.69 Å². The summed E-state index contributed by atoms with van der Waals surface area (Å²) in [6, 6.07) is 15.3. The summed E-state index contributed by atoms with van der Waals surface area (Å²) in [7, 11) is 1.62. The van der Waals surface area contributed by atoms with Crippen LogP contribution in [-0.4, -0.2) is 23.8 Å². The molecule has 1 N–H and O–H groups in total. The van der Waals surface area contributed by atoms with Crippen molar-refractivity contribution in [3.63, 3.8) is 0 Å². The van der Waals surface area contributed by atoms with Gasteiger partial charge < -0.3 is 10.1 Å². The predicted molar refractivity (Wildman–Crippen MR) is 96.6 cm³/mol. The van der Waals surface area contributed by atoms with E-state index in [2.05, 4.69) is 5.32 Å². The van der Waals surface area contributed by atoms with E-state index in [1.54, 1.807) is 12.0 Å². The Bertz CT molecular complexity index is 837. The number of carbonyl (C=O) groups is 2. The van der Waals surface area contributed by atoms with Gasteiger partial charge in [-0.3, -0.25) is 14.5 Å². The maximum absolute atomic E-state index is 13.0. The smallest absolute Gasteiger partial charge is 0.257 e. The predicted octanol–water partition coefficient (Wildman–Crippen LogP) is 2.94. The van der Waals surface area contributed by atoms with Crippen LogP contribution in [0.3, 0.4) is 0 Å². The molecule has 1 fully saturated rings. The van der Waals surface area contributed by atoms with Crippen molar-refractivity contribution in [3.8, 4) is 5.75 Å². The summed E-state index contributed by atoms with van der Waals surface area (Å²) in [4.78, 5) is 27.2. The lowest BCUT2D eigenvalue weighted by molar-refractivity contribution is -0.124. The molecule has 0 radical (unpaired) electrons. The zero-order valence-electron chi connectivity index (χ0n) is 13.8. The monoisotopic (exact) mass is 354 g/mol. The largest absolute Gasteiger partial charge is 0.497 e. The molecule has 2 amide bonds. The van der Waals surface area contributed by atoms with Gasteiger partial charge in [0.25, 0.3) is 5.91 Å². The number of hydrogen-bond donors (Lipinski definition) is 1. The van der Waals surface area contributed by atoms with Crippen molar-refractivity contribution < 1.29 is 14.3 Å². The average molecular weight is 354 g/mol. The number of nitrogens with zero attached hydrogens (tertiary/aromatic N) is 1. The number of benzene rings is 2. The van der Waals surface area contributed by atoms with Gasteiger partial charge in [-0.1, -0.05) is 36.0 Å². The molecule has 128 valence electrons. The van der Waals surface area contributed by atoms with Crippen LogP contribution in [-0.2, 0) is 16.1 Å². The molecular weight excluding hydrogens is 336 g/mol. The van der Waals surface area contributed by atoms with E-state index in [0.29, 0.717) is 19.4 Å². The molecular formula is C19H18N2O3S. The van der Waals surface area contributed by atoms with Crippen LogP contribution >= 0.6 is 11.8 Å². The molecule has 2 aliphatic heterocycles. The third kappa shape index (κ3) is 2.57. The third-order valence-electron chi connectivity index (χ3n) is 4.64. The topological polar surface area (TPSA) is 58.6 Å². The van der Waals surface area contributed by atoms with Crippen LogP contribution in [0.15, 0.2) is 53.4 Å². The normalized spacial score (nSPS) is 21.0. The lowest BCUT2D eigenvalue weighted by atomic mass is 10.1. The number of anilines is 1. The molecule has 6 heteroatoms. The van der Waals surface area contributed by atoms with Gasteiger partial charge in [-0.2, -0.15) is 0 Å². The van der Waals surface area contributed by atoms with Crippen LogP contribution in [0.2, 0.25) is 0 Å². The van der Waals surface area contributed by atoms with Crippen LogP contribution in [0.5, 0.6) is 5.75 Å². The van der Waals surface area contributed by atoms with Crippen LogP contribution in [0, 0.1) is 0 Å². The van der Waals surface area contributed by atoms with E-state index in [9.17, 15) is 9.59 Å². The first kappa shape index (κ1) is 16.0. The van der Waals surface area contributed by atoms with E-state index in [1.807, 2.05) is 48.5 Å². The number of carbonyl (C=O) groups excluding carboxylic acids is 2. The highest BCUT2D eigenvalue weighted by atomic mass is 32.2. The molecule has 2 aromatic rings. The number of hydrogen-bond acceptors (Lipinski definition) is 4. The van der Waals surface area contributed by atoms with Gasteiger partial charge in [0.2, 0.25) is 5.91 Å². The summed E-state index contributed by atoms with van der Waals surface area (Å²) in [6.45, 7) is 0.420. The zero-order chi connectivity index (χ0) is 17.4. The summed E-state index contributed by atoms with van der Waals surface area (Å²) >= 11 is 1.48. The molecule has 1 atom stereocenters. The molecule has 0 bridgehead atoms. The summed E-state index contributed by atoms with van der Waals surface area (Å²) in [5, 5.41) is 3.00.